The van der Waals surface area contributed by atoms with E-state index in [9.17, 15) is 18.0 Å². The molecule has 1 N–H and O–H groups in total. The molecule has 0 radical (unpaired) electrons. The highest BCUT2D eigenvalue weighted by Crippen LogP contribution is 2.35. The van der Waals surface area contributed by atoms with Crippen LogP contribution in [-0.4, -0.2) is 27.3 Å². The van der Waals surface area contributed by atoms with Crippen molar-refractivity contribution in [2.45, 2.75) is 12.7 Å². The summed E-state index contributed by atoms with van der Waals surface area (Å²) in [5.74, 6) is -0.0292. The molecule has 0 aliphatic heterocycles. The number of rotatable bonds is 6. The van der Waals surface area contributed by atoms with E-state index in [0.29, 0.717) is 11.5 Å². The van der Waals surface area contributed by atoms with Gasteiger partial charge in [0.15, 0.2) is 11.5 Å². The second-order valence-corrected chi connectivity index (χ2v) is 5.25. The number of hydrogen-bond donors (Lipinski definition) is 1. The average Bonchev–Trinajstić information content (AvgIpc) is 2.64. The lowest BCUT2D eigenvalue weighted by molar-refractivity contribution is -0.138. The molecule has 0 amide bonds. The van der Waals surface area contributed by atoms with E-state index >= 15 is 0 Å². The second-order valence-electron chi connectivity index (χ2n) is 5.25. The lowest BCUT2D eigenvalue weighted by atomic mass is 10.1. The van der Waals surface area contributed by atoms with Gasteiger partial charge < -0.3 is 19.5 Å². The van der Waals surface area contributed by atoms with Crippen LogP contribution >= 0.6 is 0 Å². The third-order valence-corrected chi connectivity index (χ3v) is 3.72. The van der Waals surface area contributed by atoms with E-state index < -0.39 is 17.7 Å². The molecule has 0 saturated carbocycles. The minimum atomic E-state index is -4.47. The van der Waals surface area contributed by atoms with Crippen molar-refractivity contribution in [2.75, 3.05) is 26.6 Å². The van der Waals surface area contributed by atoms with E-state index in [1.54, 1.807) is 0 Å². The number of benzene rings is 2. The topological polar surface area (TPSA) is 56.8 Å². The van der Waals surface area contributed by atoms with Gasteiger partial charge in [0.25, 0.3) is 0 Å². The Kier molecular flexibility index (Phi) is 5.97. The summed E-state index contributed by atoms with van der Waals surface area (Å²) in [7, 11) is 4.03. The first-order valence-electron chi connectivity index (χ1n) is 7.55. The molecule has 0 unspecified atom stereocenters. The first-order valence-corrected chi connectivity index (χ1v) is 7.55. The first kappa shape index (κ1) is 19.4. The molecule has 2 rings (SSSR count). The van der Waals surface area contributed by atoms with Crippen LogP contribution in [0.3, 0.4) is 0 Å². The number of hydrogen-bond acceptors (Lipinski definition) is 5. The van der Waals surface area contributed by atoms with Crippen LogP contribution in [0, 0.1) is 0 Å². The Labute approximate surface area is 148 Å². The zero-order chi connectivity index (χ0) is 19.3. The number of esters is 1. The maximum Gasteiger partial charge on any atom is 0.416 e. The molecule has 0 aliphatic rings. The minimum absolute atomic E-state index is 0.0469. The van der Waals surface area contributed by atoms with Gasteiger partial charge >= 0.3 is 12.1 Å². The molecule has 0 aromatic heterocycles. The van der Waals surface area contributed by atoms with Gasteiger partial charge in [-0.05, 0) is 11.6 Å². The van der Waals surface area contributed by atoms with Crippen LogP contribution in [-0.2, 0) is 17.5 Å². The monoisotopic (exact) mass is 369 g/mol. The fourth-order valence-electron chi connectivity index (χ4n) is 2.45. The van der Waals surface area contributed by atoms with Crippen LogP contribution in [0.1, 0.15) is 21.5 Å². The lowest BCUT2D eigenvalue weighted by Gasteiger charge is -2.17. The predicted molar refractivity (Wildman–Crippen MR) is 89.7 cm³/mol. The average molecular weight is 369 g/mol. The molecule has 8 heteroatoms. The normalized spacial score (nSPS) is 11.0. The number of alkyl halides is 3. The van der Waals surface area contributed by atoms with E-state index in [1.165, 1.54) is 51.7 Å². The van der Waals surface area contributed by atoms with Crippen LogP contribution in [0.4, 0.5) is 18.9 Å². The Hall–Kier alpha value is -2.90. The largest absolute Gasteiger partial charge is 0.493 e. The molecule has 26 heavy (non-hydrogen) atoms. The molecule has 2 aromatic carbocycles. The number of carbonyl (C=O) groups excluding carboxylic acids is 1. The summed E-state index contributed by atoms with van der Waals surface area (Å²) >= 11 is 0. The zero-order valence-corrected chi connectivity index (χ0v) is 14.4. The Morgan fingerprint density at radius 1 is 1.04 bits per heavy atom. The second kappa shape index (κ2) is 7.99. The standard InChI is InChI=1S/C18H18F3NO4/c1-24-15-8-12(17(23)26-3)14(9-16(15)25-2)22-10-11-6-4-5-7-13(11)18(19,20)21/h4-9,22H,10H2,1-3H3. The molecule has 140 valence electrons. The van der Waals surface area contributed by atoms with Gasteiger partial charge in [-0.2, -0.15) is 13.2 Å². The van der Waals surface area contributed by atoms with E-state index in [1.807, 2.05) is 0 Å². The Bertz CT molecular complexity index is 790. The summed E-state index contributed by atoms with van der Waals surface area (Å²) in [5.41, 5.74) is -0.306. The predicted octanol–water partition coefficient (Wildman–Crippen LogP) is 4.12. The van der Waals surface area contributed by atoms with Gasteiger partial charge in [-0.15, -0.1) is 0 Å². The highest BCUT2D eigenvalue weighted by atomic mass is 19.4. The molecule has 5 nitrogen and oxygen atoms in total. The summed E-state index contributed by atoms with van der Waals surface area (Å²) in [4.78, 5) is 12.0. The molecular formula is C18H18F3NO4. The number of ether oxygens (including phenoxy) is 3. The fraction of sp³-hybridized carbons (Fsp3) is 0.278. The highest BCUT2D eigenvalue weighted by molar-refractivity contribution is 5.96. The van der Waals surface area contributed by atoms with E-state index in [-0.39, 0.29) is 23.4 Å². The Morgan fingerprint density at radius 2 is 1.65 bits per heavy atom. The van der Waals surface area contributed by atoms with Crippen molar-refractivity contribution >= 4 is 11.7 Å². The van der Waals surface area contributed by atoms with Crippen LogP contribution in [0.2, 0.25) is 0 Å². The maximum atomic E-state index is 13.1. The van der Waals surface area contributed by atoms with Gasteiger partial charge in [0.1, 0.15) is 0 Å². The van der Waals surface area contributed by atoms with Gasteiger partial charge in [0, 0.05) is 18.7 Å². The summed E-state index contributed by atoms with van der Waals surface area (Å²) in [6.07, 6.45) is -4.47. The number of halogens is 3. The summed E-state index contributed by atoms with van der Waals surface area (Å²) in [5, 5.41) is 2.85. The molecule has 0 spiro atoms. The van der Waals surface area contributed by atoms with Crippen molar-refractivity contribution < 1.29 is 32.2 Å². The summed E-state index contributed by atoms with van der Waals surface area (Å²) in [6.45, 7) is -0.144. The maximum absolute atomic E-state index is 13.1. The highest BCUT2D eigenvalue weighted by Gasteiger charge is 2.32. The Morgan fingerprint density at radius 3 is 2.23 bits per heavy atom. The van der Waals surface area contributed by atoms with Crippen LogP contribution in [0.5, 0.6) is 11.5 Å². The third kappa shape index (κ3) is 4.19. The molecule has 2 aromatic rings. The van der Waals surface area contributed by atoms with Crippen molar-refractivity contribution in [3.05, 3.63) is 53.1 Å². The number of methoxy groups -OCH3 is 3. The van der Waals surface area contributed by atoms with Crippen molar-refractivity contribution in [2.24, 2.45) is 0 Å². The van der Waals surface area contributed by atoms with Crippen molar-refractivity contribution in [3.8, 4) is 11.5 Å². The van der Waals surface area contributed by atoms with Gasteiger partial charge in [-0.25, -0.2) is 4.79 Å². The quantitative estimate of drug-likeness (QED) is 0.777. The number of carbonyl (C=O) groups is 1. The first-order chi connectivity index (χ1) is 12.3. The van der Waals surface area contributed by atoms with Gasteiger partial charge in [-0.3, -0.25) is 0 Å². The van der Waals surface area contributed by atoms with Crippen molar-refractivity contribution in [1.29, 1.82) is 0 Å². The van der Waals surface area contributed by atoms with Crippen molar-refractivity contribution in [3.63, 3.8) is 0 Å². The van der Waals surface area contributed by atoms with E-state index in [4.69, 9.17) is 14.2 Å². The molecular weight excluding hydrogens is 351 g/mol. The molecule has 0 saturated heterocycles. The van der Waals surface area contributed by atoms with Crippen molar-refractivity contribution in [1.82, 2.24) is 0 Å². The SMILES string of the molecule is COC(=O)c1cc(OC)c(OC)cc1NCc1ccccc1C(F)(F)F. The molecule has 0 heterocycles. The molecule has 0 bridgehead atoms. The van der Waals surface area contributed by atoms with E-state index in [2.05, 4.69) is 5.32 Å². The summed E-state index contributed by atoms with van der Waals surface area (Å²) < 4.78 is 54.4. The number of anilines is 1. The summed E-state index contributed by atoms with van der Waals surface area (Å²) in [6, 6.07) is 8.09. The minimum Gasteiger partial charge on any atom is -0.493 e. The van der Waals surface area contributed by atoms with Crippen LogP contribution in [0.25, 0.3) is 0 Å². The van der Waals surface area contributed by atoms with Gasteiger partial charge in [-0.1, -0.05) is 18.2 Å². The molecule has 0 aliphatic carbocycles. The zero-order valence-electron chi connectivity index (χ0n) is 14.4. The lowest BCUT2D eigenvalue weighted by Crippen LogP contribution is -2.13. The Balaban J connectivity index is 2.39. The van der Waals surface area contributed by atoms with Gasteiger partial charge in [0.05, 0.1) is 38.1 Å². The van der Waals surface area contributed by atoms with Crippen LogP contribution < -0.4 is 14.8 Å². The van der Waals surface area contributed by atoms with Crippen LogP contribution in [0.15, 0.2) is 36.4 Å². The smallest absolute Gasteiger partial charge is 0.416 e. The molecule has 0 atom stereocenters. The molecule has 0 fully saturated rings. The van der Waals surface area contributed by atoms with E-state index in [0.717, 1.165) is 6.07 Å². The number of nitrogens with one attached hydrogen (secondary N) is 1. The van der Waals surface area contributed by atoms with Gasteiger partial charge in [0.2, 0.25) is 0 Å². The fourth-order valence-corrected chi connectivity index (χ4v) is 2.45. The third-order valence-electron chi connectivity index (χ3n) is 3.72.